The van der Waals surface area contributed by atoms with Crippen molar-refractivity contribution in [3.05, 3.63) is 216 Å². The van der Waals surface area contributed by atoms with Gasteiger partial charge in [0.05, 0.1) is 0 Å². The van der Waals surface area contributed by atoms with Crippen LogP contribution < -0.4 is 0 Å². The van der Waals surface area contributed by atoms with Gasteiger partial charge in [0.25, 0.3) is 0 Å². The van der Waals surface area contributed by atoms with Gasteiger partial charge >= 0.3 is 546 Å². The Balaban J connectivity index is 1.32. The van der Waals surface area contributed by atoms with Crippen LogP contribution >= 0.6 is 0 Å². The first-order chi connectivity index (χ1) is 67.1. The molecule has 4 aliphatic carbocycles. The van der Waals surface area contributed by atoms with Crippen molar-refractivity contribution in [3.8, 4) is 89.3 Å². The van der Waals surface area contributed by atoms with Crippen LogP contribution in [0.4, 0.5) is 0 Å². The van der Waals surface area contributed by atoms with Crippen molar-refractivity contribution in [3.63, 3.8) is 0 Å². The first-order valence-electron chi connectivity index (χ1n) is 56.0. The summed E-state index contributed by atoms with van der Waals surface area (Å²) in [6.07, 6.45) is -90.8. The van der Waals surface area contributed by atoms with E-state index in [1.807, 2.05) is 0 Å². The fourth-order valence-electron chi connectivity index (χ4n) is 11.9. The maximum absolute atomic E-state index is 11.5. The molecule has 4 heterocycles. The summed E-state index contributed by atoms with van der Waals surface area (Å²) in [5.74, 6) is -19.7. The zero-order valence-electron chi connectivity index (χ0n) is 102. The monoisotopic (exact) mass is 1320 g/mol. The van der Waals surface area contributed by atoms with Crippen LogP contribution in [0.3, 0.4) is 0 Å². The van der Waals surface area contributed by atoms with E-state index in [2.05, 4.69) is 30.8 Å². The predicted molar refractivity (Wildman–Crippen MR) is 379 cm³/mol. The van der Waals surface area contributed by atoms with Crippen LogP contribution in [0.2, 0.25) is 0 Å². The van der Waals surface area contributed by atoms with Gasteiger partial charge in [-0.2, -0.15) is 0 Å². The van der Waals surface area contributed by atoms with Crippen molar-refractivity contribution in [1.82, 2.24) is 30.8 Å². The van der Waals surface area contributed by atoms with E-state index in [4.69, 9.17) is 8.53 Å². The molecular formula is C84H76N6OSe. The van der Waals surface area contributed by atoms with Crippen molar-refractivity contribution in [1.29, 1.82) is 0 Å². The fourth-order valence-corrected chi connectivity index (χ4v) is 13.9. The van der Waals surface area contributed by atoms with Gasteiger partial charge in [0.15, 0.2) is 0 Å². The molecular weight excluding hydrogens is 1190 g/mol. The third-order valence-electron chi connectivity index (χ3n) is 15.7. The normalized spacial score (nSPS) is 42.7. The fraction of sp³-hybridized carbons (Fsp3) is 0.286. The molecule has 17 rings (SSSR count). The Bertz CT molecular complexity index is 7830. The van der Waals surface area contributed by atoms with E-state index in [9.17, 15) is 71.3 Å². The average Bonchev–Trinajstić information content (AvgIpc) is 1.34. The average molecular weight is 1320 g/mol. The van der Waals surface area contributed by atoms with Crippen molar-refractivity contribution >= 4 is 55.7 Å². The summed E-state index contributed by atoms with van der Waals surface area (Å²) < 4.78 is 550. The van der Waals surface area contributed by atoms with Gasteiger partial charge in [0.2, 0.25) is 0 Å². The topological polar surface area (TPSA) is 90.5 Å². The number of aromatic nitrogens is 6. The van der Waals surface area contributed by atoms with E-state index in [0.29, 0.717) is 17.7 Å². The van der Waals surface area contributed by atoms with Crippen LogP contribution in [0.5, 0.6) is 0 Å². The summed E-state index contributed by atoms with van der Waals surface area (Å²) in [5.41, 5.74) is -27.6. The molecule has 0 spiro atoms. The van der Waals surface area contributed by atoms with Crippen LogP contribution in [0.15, 0.2) is 198 Å². The molecule has 0 N–H and O–H groups in total. The second-order valence-corrected chi connectivity index (χ2v) is 22.7. The molecule has 4 fully saturated rings. The Kier molecular flexibility index (Phi) is 6.46. The Hall–Kier alpha value is -8.68. The Labute approximate surface area is 622 Å². The molecule has 4 saturated carbocycles. The molecule has 9 aromatic carbocycles. The van der Waals surface area contributed by atoms with E-state index < -0.39 is 365 Å². The summed E-state index contributed by atoms with van der Waals surface area (Å²) in [6, 6.07) is 2.58. The molecule has 454 valence electrons. The van der Waals surface area contributed by atoms with E-state index in [0.717, 1.165) is 0 Å². The second-order valence-electron chi connectivity index (χ2n) is 20.6. The number of hydrogen-bond acceptors (Lipinski definition) is 7. The van der Waals surface area contributed by atoms with E-state index in [1.165, 1.54) is 60.7 Å². The van der Waals surface area contributed by atoms with Crippen LogP contribution in [-0.2, 0) is 0 Å². The van der Waals surface area contributed by atoms with Crippen LogP contribution in [0, 0.1) is 0 Å². The first-order valence-corrected chi connectivity index (χ1v) is 29.9. The van der Waals surface area contributed by atoms with Crippen molar-refractivity contribution in [2.75, 3.05) is 0 Å². The van der Waals surface area contributed by atoms with Crippen molar-refractivity contribution in [2.45, 2.75) is 151 Å². The Morgan fingerprint density at radius 1 is 0.359 bits per heavy atom. The quantitative estimate of drug-likeness (QED) is 0.113. The van der Waals surface area contributed by atoms with Crippen LogP contribution in [0.1, 0.15) is 249 Å². The molecule has 4 aliphatic rings. The van der Waals surface area contributed by atoms with Gasteiger partial charge in [-0.05, 0) is 0 Å². The van der Waals surface area contributed by atoms with Crippen LogP contribution in [-0.4, -0.2) is 45.3 Å². The molecule has 0 aliphatic heterocycles. The number of furan rings is 1. The van der Waals surface area contributed by atoms with Gasteiger partial charge in [-0.25, -0.2) is 0 Å². The van der Waals surface area contributed by atoms with Gasteiger partial charge in [0.1, 0.15) is 0 Å². The minimum absolute atomic E-state index is 0.0377. The van der Waals surface area contributed by atoms with Gasteiger partial charge in [-0.1, -0.05) is 55.2 Å². The minimum atomic E-state index is -5.06. The molecule has 0 bridgehead atoms. The Morgan fingerprint density at radius 2 is 0.935 bits per heavy atom. The van der Waals surface area contributed by atoms with E-state index in [-0.39, 0.29) is 38.6 Å². The molecule has 0 radical (unpaired) electrons. The molecule has 8 atom stereocenters. The van der Waals surface area contributed by atoms with Crippen molar-refractivity contribution < 1.29 is 79.8 Å². The standard InChI is InChI=1S/C84H76N6OSe/c1-7-27-53(28-8-1)59-39-19-21-41-61(59)63-49-51-70-78(64-43-23-25-45-69(64)91-70)75(63)67-47-48-68(83-73(55-31-11-3-12-32-55)81(85-89-87-83)57-35-15-5-16-36-57)77(80(67)84-74(56-33-13-4-14-34-56)82(86-90-88-84)58-37-17-6-18-38-58)66-50-52-72-79(65-44-24-26-46-71(65)92-72)76(66)62-42-22-20-40-60(62)54-29-9-2-10-30-54/h1-2,7-10,19-30,39-52,55-58H,3-6,11-18,31-38H2/i2D,3D2,4D2,5D2,6D2,9D,10D,11D2,12D2,13D2,14D2,15D2,16D2,17D2,18D2,20D,22D,24D,26D,29D,30D,31D,32D2,33D,34D2,35D,36D2,37D,38D2,40D,42D,44D,46D,50D,52D,55D,56D,57D,58D. The number of hydrogen-bond donors (Lipinski definition) is 0. The molecule has 7 nitrogen and oxygen atoms in total. The van der Waals surface area contributed by atoms with Gasteiger partial charge in [0, 0.05) is 21.9 Å². The molecule has 8 heteroatoms. The number of para-hydroxylation sites is 1. The maximum atomic E-state index is 11.5. The summed E-state index contributed by atoms with van der Waals surface area (Å²) in [5, 5.41) is 21.8. The van der Waals surface area contributed by atoms with E-state index >= 15 is 0 Å². The SMILES string of the molecule is [2H]c1c([2H])c([2H])c(-c2c([2H])c([2H])c([2H])c([2H])c2-c2c(-c3c(-c4nnnc(C5([2H])C([2H])C([2H])([2H])C([2H])([2H])C([2H])([2H])C5([2H])[2H])c4C4([2H])C([2H])C([2H])([2H])C([2H])([2H])C([2H])([2H])C4([2H])[2H])ccc(-c4c(-c5ccccc5-c5ccccc5)ccc5oc6ccccc6c45)c3-c3nnnc(C4([2H])C([2H])C([2H])([2H])C([2H])([2H])C([2H])([2H])C4([2H])[2H])c3C3([2H])C([2H])C([2H])([2H])C([2H])([2H])C([2H])([2H])C3([2H])[2H])c([2H])c([2H])c3[se]c4c([2H])c([2H])c([2H])c([2H])c4c23)c([2H])c1[2H]. The van der Waals surface area contributed by atoms with E-state index in [1.54, 1.807) is 30.3 Å². The zero-order valence-corrected chi connectivity index (χ0v) is 48.8. The molecule has 0 amide bonds. The van der Waals surface area contributed by atoms with Gasteiger partial charge in [-0.15, -0.1) is 0 Å². The summed E-state index contributed by atoms with van der Waals surface area (Å²) in [6.45, 7) is 0. The molecule has 4 aromatic heterocycles. The molecule has 13 aromatic rings. The number of nitrogens with zero attached hydrogens (tertiary/aromatic N) is 6. The first kappa shape index (κ1) is 23.7. The summed E-state index contributed by atoms with van der Waals surface area (Å²) in [4.78, 5) is 0. The number of fused-ring (bicyclic) bond motifs is 6. The van der Waals surface area contributed by atoms with Gasteiger partial charge < -0.3 is 0 Å². The second kappa shape index (κ2) is 25.1. The molecule has 92 heavy (non-hydrogen) atoms. The molecule has 0 saturated heterocycles. The Morgan fingerprint density at radius 3 is 1.67 bits per heavy atom. The number of benzene rings is 9. The molecule has 8 unspecified atom stereocenters. The summed E-state index contributed by atoms with van der Waals surface area (Å²) in [7, 11) is 0. The van der Waals surface area contributed by atoms with Crippen molar-refractivity contribution in [2.24, 2.45) is 0 Å². The van der Waals surface area contributed by atoms with Crippen LogP contribution in [0.25, 0.3) is 131 Å². The third-order valence-corrected chi connectivity index (χ3v) is 17.8. The van der Waals surface area contributed by atoms with Gasteiger partial charge in [-0.3, -0.25) is 0 Å². The summed E-state index contributed by atoms with van der Waals surface area (Å²) >= 11 is -2.03. The zero-order chi connectivity index (χ0) is 110. The number of rotatable bonds is 12. The third kappa shape index (κ3) is 10.2. The predicted octanol–water partition coefficient (Wildman–Crippen LogP) is 22.8.